The molecule has 0 saturated carbocycles. The lowest BCUT2D eigenvalue weighted by Gasteiger charge is -2.27. The maximum atomic E-state index is 4.24. The molecule has 62 valence electrons. The van der Waals surface area contributed by atoms with Gasteiger partial charge in [0.05, 0.1) is 5.69 Å². The van der Waals surface area contributed by atoms with Gasteiger partial charge in [0.2, 0.25) is 0 Å². The van der Waals surface area contributed by atoms with Crippen molar-refractivity contribution in [1.82, 2.24) is 10.3 Å². The van der Waals surface area contributed by atoms with Crippen molar-refractivity contribution in [1.29, 1.82) is 0 Å². The fraction of sp³-hybridized carbons (Fsp3) is 0.300. The summed E-state index contributed by atoms with van der Waals surface area (Å²) < 4.78 is 0. The van der Waals surface area contributed by atoms with Gasteiger partial charge in [0, 0.05) is 12.2 Å². The van der Waals surface area contributed by atoms with E-state index in [2.05, 4.69) is 22.9 Å². The van der Waals surface area contributed by atoms with Crippen LogP contribution < -0.4 is 5.32 Å². The van der Waals surface area contributed by atoms with Crippen molar-refractivity contribution in [2.45, 2.75) is 12.5 Å². The Hall–Kier alpha value is -1.15. The Bertz CT molecular complexity index is 272. The molecule has 1 atom stereocenters. The van der Waals surface area contributed by atoms with E-state index in [4.69, 9.17) is 0 Å². The average molecular weight is 160 g/mol. The van der Waals surface area contributed by atoms with Crippen molar-refractivity contribution in [2.75, 3.05) is 6.54 Å². The highest BCUT2D eigenvalue weighted by molar-refractivity contribution is 5.41. The zero-order chi connectivity index (χ0) is 8.39. The minimum Gasteiger partial charge on any atom is -0.310 e. The first-order valence-corrected chi connectivity index (χ1v) is 4.22. The van der Waals surface area contributed by atoms with Gasteiger partial charge in [-0.05, 0) is 30.7 Å². The third-order valence-corrected chi connectivity index (χ3v) is 2.24. The third-order valence-electron chi connectivity index (χ3n) is 2.24. The fourth-order valence-electron chi connectivity index (χ4n) is 1.32. The van der Waals surface area contributed by atoms with E-state index < -0.39 is 0 Å². The van der Waals surface area contributed by atoms with E-state index in [9.17, 15) is 0 Å². The lowest BCUT2D eigenvalue weighted by molar-refractivity contribution is 0.382. The molecule has 1 N–H and O–H groups in total. The van der Waals surface area contributed by atoms with Gasteiger partial charge in [-0.1, -0.05) is 12.6 Å². The first-order chi connectivity index (χ1) is 5.90. The highest BCUT2D eigenvalue weighted by atomic mass is 15.0. The largest absolute Gasteiger partial charge is 0.310 e. The Balaban J connectivity index is 2.18. The molecule has 12 heavy (non-hydrogen) atoms. The third kappa shape index (κ3) is 1.25. The SMILES string of the molecule is C=Cc1ccc(C2CCN2)cn1. The molecule has 2 nitrogen and oxygen atoms in total. The van der Waals surface area contributed by atoms with Gasteiger partial charge < -0.3 is 5.32 Å². The van der Waals surface area contributed by atoms with Gasteiger partial charge in [0.15, 0.2) is 0 Å². The summed E-state index contributed by atoms with van der Waals surface area (Å²) in [7, 11) is 0. The predicted octanol–water partition coefficient (Wildman–Crippen LogP) is 1.76. The van der Waals surface area contributed by atoms with Gasteiger partial charge in [-0.2, -0.15) is 0 Å². The standard InChI is InChI=1S/C10H12N2/c1-2-9-4-3-8(7-12-9)10-5-6-11-10/h2-4,7,10-11H,1,5-6H2. The Kier molecular flexibility index (Phi) is 1.92. The number of pyridine rings is 1. The molecule has 1 unspecified atom stereocenters. The first-order valence-electron chi connectivity index (χ1n) is 4.22. The second-order valence-electron chi connectivity index (χ2n) is 3.02. The molecule has 1 saturated heterocycles. The first kappa shape index (κ1) is 7.50. The van der Waals surface area contributed by atoms with Crippen LogP contribution >= 0.6 is 0 Å². The topological polar surface area (TPSA) is 24.9 Å². The maximum absolute atomic E-state index is 4.24. The van der Waals surface area contributed by atoms with Crippen LogP contribution in [0.1, 0.15) is 23.7 Å². The van der Waals surface area contributed by atoms with Crippen molar-refractivity contribution >= 4 is 6.08 Å². The summed E-state index contributed by atoms with van der Waals surface area (Å²) in [6.07, 6.45) is 4.92. The van der Waals surface area contributed by atoms with Crippen LogP contribution in [0.25, 0.3) is 6.08 Å². The molecule has 1 aromatic heterocycles. The molecule has 2 heteroatoms. The summed E-state index contributed by atoms with van der Waals surface area (Å²) in [6.45, 7) is 4.79. The average Bonchev–Trinajstić information content (AvgIpc) is 2.03. The normalized spacial score (nSPS) is 21.5. The Morgan fingerprint density at radius 3 is 2.83 bits per heavy atom. The van der Waals surface area contributed by atoms with Crippen molar-refractivity contribution in [3.05, 3.63) is 36.2 Å². The number of nitrogens with one attached hydrogen (secondary N) is 1. The van der Waals surface area contributed by atoms with Crippen LogP contribution in [0.4, 0.5) is 0 Å². The number of nitrogens with zero attached hydrogens (tertiary/aromatic N) is 1. The van der Waals surface area contributed by atoms with Gasteiger partial charge in [0.1, 0.15) is 0 Å². The molecule has 1 aromatic rings. The Labute approximate surface area is 72.3 Å². The molecule has 2 heterocycles. The van der Waals surface area contributed by atoms with Crippen molar-refractivity contribution in [3.63, 3.8) is 0 Å². The zero-order valence-corrected chi connectivity index (χ0v) is 6.96. The summed E-state index contributed by atoms with van der Waals surface area (Å²) in [5, 5.41) is 3.33. The molecule has 0 aliphatic carbocycles. The molecule has 1 aliphatic heterocycles. The minimum absolute atomic E-state index is 0.538. The zero-order valence-electron chi connectivity index (χ0n) is 6.96. The predicted molar refractivity (Wildman–Crippen MR) is 49.7 cm³/mol. The number of hydrogen-bond acceptors (Lipinski definition) is 2. The van der Waals surface area contributed by atoms with Crippen LogP contribution in [-0.4, -0.2) is 11.5 Å². The maximum Gasteiger partial charge on any atom is 0.0623 e. The molecular formula is C10H12N2. The summed E-state index contributed by atoms with van der Waals surface area (Å²) >= 11 is 0. The quantitative estimate of drug-likeness (QED) is 0.713. The summed E-state index contributed by atoms with van der Waals surface area (Å²) in [5.74, 6) is 0. The monoisotopic (exact) mass is 160 g/mol. The van der Waals surface area contributed by atoms with Crippen LogP contribution in [0.5, 0.6) is 0 Å². The number of rotatable bonds is 2. The van der Waals surface area contributed by atoms with Crippen molar-refractivity contribution < 1.29 is 0 Å². The molecule has 2 rings (SSSR count). The van der Waals surface area contributed by atoms with E-state index in [1.165, 1.54) is 12.0 Å². The molecule has 0 amide bonds. The van der Waals surface area contributed by atoms with Gasteiger partial charge in [-0.3, -0.25) is 4.98 Å². The molecule has 1 aliphatic rings. The van der Waals surface area contributed by atoms with Gasteiger partial charge in [-0.25, -0.2) is 0 Å². The van der Waals surface area contributed by atoms with Crippen LogP contribution in [0.2, 0.25) is 0 Å². The minimum atomic E-state index is 0.538. The molecule has 1 fully saturated rings. The molecule has 0 spiro atoms. The van der Waals surface area contributed by atoms with Crippen LogP contribution in [0, 0.1) is 0 Å². The Morgan fingerprint density at radius 2 is 2.42 bits per heavy atom. The van der Waals surface area contributed by atoms with E-state index in [1.54, 1.807) is 6.08 Å². The lowest BCUT2D eigenvalue weighted by Crippen LogP contribution is -2.34. The second-order valence-corrected chi connectivity index (χ2v) is 3.02. The Morgan fingerprint density at radius 1 is 1.58 bits per heavy atom. The van der Waals surface area contributed by atoms with Crippen LogP contribution in [0.15, 0.2) is 24.9 Å². The van der Waals surface area contributed by atoms with Crippen molar-refractivity contribution in [3.8, 4) is 0 Å². The van der Waals surface area contributed by atoms with E-state index >= 15 is 0 Å². The van der Waals surface area contributed by atoms with Crippen LogP contribution in [0.3, 0.4) is 0 Å². The number of hydrogen-bond donors (Lipinski definition) is 1. The van der Waals surface area contributed by atoms with E-state index in [-0.39, 0.29) is 0 Å². The van der Waals surface area contributed by atoms with Gasteiger partial charge >= 0.3 is 0 Å². The van der Waals surface area contributed by atoms with Crippen molar-refractivity contribution in [2.24, 2.45) is 0 Å². The number of aromatic nitrogens is 1. The summed E-state index contributed by atoms with van der Waals surface area (Å²) in [5.41, 5.74) is 2.23. The van der Waals surface area contributed by atoms with Crippen LogP contribution in [-0.2, 0) is 0 Å². The van der Waals surface area contributed by atoms with Gasteiger partial charge in [0.25, 0.3) is 0 Å². The smallest absolute Gasteiger partial charge is 0.0623 e. The van der Waals surface area contributed by atoms with Gasteiger partial charge in [-0.15, -0.1) is 0 Å². The molecular weight excluding hydrogens is 148 g/mol. The highest BCUT2D eigenvalue weighted by Gasteiger charge is 2.17. The molecule has 0 aromatic carbocycles. The highest BCUT2D eigenvalue weighted by Crippen LogP contribution is 2.21. The van der Waals surface area contributed by atoms with E-state index in [1.807, 2.05) is 12.3 Å². The summed E-state index contributed by atoms with van der Waals surface area (Å²) in [4.78, 5) is 4.24. The lowest BCUT2D eigenvalue weighted by atomic mass is 10.00. The summed E-state index contributed by atoms with van der Waals surface area (Å²) in [6, 6.07) is 4.65. The van der Waals surface area contributed by atoms with E-state index in [0.29, 0.717) is 6.04 Å². The van der Waals surface area contributed by atoms with E-state index in [0.717, 1.165) is 12.2 Å². The molecule has 0 bridgehead atoms. The fourth-order valence-corrected chi connectivity index (χ4v) is 1.32. The molecule has 0 radical (unpaired) electrons. The second kappa shape index (κ2) is 3.07.